The molecule has 4 rings (SSSR count). The number of rotatable bonds is 3. The van der Waals surface area contributed by atoms with Gasteiger partial charge in [-0.2, -0.15) is 0 Å². The number of amides is 2. The number of carbonyl (C=O) groups excluding carboxylic acids is 1. The van der Waals surface area contributed by atoms with E-state index in [4.69, 9.17) is 4.65 Å². The molecule has 1 fully saturated rings. The van der Waals surface area contributed by atoms with Gasteiger partial charge >= 0.3 is 13.1 Å². The smallest absolute Gasteiger partial charge is 0.423 e. The number of fused-ring (bicyclic) bond motifs is 4. The molecule has 2 aliphatic heterocycles. The number of H-pyrrole nitrogens is 1. The van der Waals surface area contributed by atoms with E-state index >= 15 is 0 Å². The Balaban J connectivity index is 1.54. The van der Waals surface area contributed by atoms with E-state index < -0.39 is 12.7 Å². The van der Waals surface area contributed by atoms with Gasteiger partial charge in [-0.15, -0.1) is 0 Å². The van der Waals surface area contributed by atoms with Crippen LogP contribution in [0.2, 0.25) is 0 Å². The highest BCUT2D eigenvalue weighted by Crippen LogP contribution is 2.42. The molecule has 4 heterocycles. The first-order valence-corrected chi connectivity index (χ1v) is 9.00. The zero-order valence-corrected chi connectivity index (χ0v) is 14.4. The summed E-state index contributed by atoms with van der Waals surface area (Å²) in [5, 5.41) is 14.3. The summed E-state index contributed by atoms with van der Waals surface area (Å²) in [6, 6.07) is 1.97. The number of pyridine rings is 1. The van der Waals surface area contributed by atoms with Gasteiger partial charge in [0, 0.05) is 42.9 Å². The molecular formula is C17H23BN4O3. The van der Waals surface area contributed by atoms with Gasteiger partial charge in [-0.05, 0) is 30.9 Å². The van der Waals surface area contributed by atoms with E-state index in [0.29, 0.717) is 32.5 Å². The molecule has 0 atom stereocenters. The van der Waals surface area contributed by atoms with Crippen molar-refractivity contribution in [1.29, 1.82) is 0 Å². The lowest BCUT2D eigenvalue weighted by molar-refractivity contribution is 0.00514. The van der Waals surface area contributed by atoms with Crippen molar-refractivity contribution in [1.82, 2.24) is 20.2 Å². The van der Waals surface area contributed by atoms with E-state index in [1.165, 1.54) is 0 Å². The minimum absolute atomic E-state index is 0.0106. The van der Waals surface area contributed by atoms with Crippen LogP contribution in [0.4, 0.5) is 4.79 Å². The maximum Gasteiger partial charge on any atom is 0.493 e. The van der Waals surface area contributed by atoms with E-state index in [2.05, 4.69) is 22.2 Å². The standard InChI is InChI=1S/C17H23BN4O3/c1-2-3-7-20-16(23)22-9-5-17(6-10-22)14-12-4-8-19-15(12)21-11-13(14)18(24)25-17/h4,8,11,24H,2-3,5-7,9-10H2,1H3,(H,19,21)(H,20,23). The zero-order valence-electron chi connectivity index (χ0n) is 14.4. The average molecular weight is 342 g/mol. The molecule has 0 bridgehead atoms. The largest absolute Gasteiger partial charge is 0.493 e. The van der Waals surface area contributed by atoms with Gasteiger partial charge in [-0.1, -0.05) is 13.3 Å². The molecule has 2 aromatic heterocycles. The van der Waals surface area contributed by atoms with Crippen LogP contribution in [0.1, 0.15) is 38.2 Å². The minimum atomic E-state index is -0.952. The zero-order chi connectivity index (χ0) is 17.4. The van der Waals surface area contributed by atoms with Crippen LogP contribution in [-0.4, -0.2) is 52.7 Å². The van der Waals surface area contributed by atoms with E-state index in [1.807, 2.05) is 17.2 Å². The van der Waals surface area contributed by atoms with Crippen molar-refractivity contribution >= 4 is 29.6 Å². The van der Waals surface area contributed by atoms with Crippen LogP contribution in [0.3, 0.4) is 0 Å². The lowest BCUT2D eigenvalue weighted by atomic mass is 9.76. The fraction of sp³-hybridized carbons (Fsp3) is 0.529. The van der Waals surface area contributed by atoms with Crippen LogP contribution in [0.15, 0.2) is 18.5 Å². The van der Waals surface area contributed by atoms with Crippen molar-refractivity contribution in [3.63, 3.8) is 0 Å². The molecule has 0 unspecified atom stereocenters. The Morgan fingerprint density at radius 2 is 2.32 bits per heavy atom. The third-order valence-corrected chi connectivity index (χ3v) is 5.34. The van der Waals surface area contributed by atoms with Crippen LogP contribution < -0.4 is 10.8 Å². The summed E-state index contributed by atoms with van der Waals surface area (Å²) in [5.74, 6) is 0. The number of carbonyl (C=O) groups is 1. The summed E-state index contributed by atoms with van der Waals surface area (Å²) in [5.41, 5.74) is 2.03. The number of nitrogens with zero attached hydrogens (tertiary/aromatic N) is 2. The second-order valence-electron chi connectivity index (χ2n) is 6.87. The van der Waals surface area contributed by atoms with Crippen molar-refractivity contribution in [2.45, 2.75) is 38.2 Å². The first-order chi connectivity index (χ1) is 12.1. The molecule has 2 amide bonds. The van der Waals surface area contributed by atoms with Crippen LogP contribution >= 0.6 is 0 Å². The maximum absolute atomic E-state index is 12.3. The molecule has 0 aliphatic carbocycles. The molecule has 2 aliphatic rings. The first-order valence-electron chi connectivity index (χ1n) is 9.00. The van der Waals surface area contributed by atoms with Gasteiger partial charge in [0.1, 0.15) is 5.65 Å². The minimum Gasteiger partial charge on any atom is -0.423 e. The van der Waals surface area contributed by atoms with Gasteiger partial charge in [0.05, 0.1) is 5.60 Å². The predicted molar refractivity (Wildman–Crippen MR) is 95.6 cm³/mol. The van der Waals surface area contributed by atoms with Crippen molar-refractivity contribution in [3.05, 3.63) is 24.0 Å². The normalized spacial score (nSPS) is 18.8. The van der Waals surface area contributed by atoms with Crippen LogP contribution in [0.5, 0.6) is 0 Å². The number of hydrogen-bond acceptors (Lipinski definition) is 4. The van der Waals surface area contributed by atoms with Crippen molar-refractivity contribution < 1.29 is 14.5 Å². The molecule has 132 valence electrons. The predicted octanol–water partition coefficient (Wildman–Crippen LogP) is 1.08. The van der Waals surface area contributed by atoms with Gasteiger partial charge < -0.3 is 24.9 Å². The molecule has 3 N–H and O–H groups in total. The molecule has 0 aromatic carbocycles. The molecule has 2 aromatic rings. The monoisotopic (exact) mass is 342 g/mol. The van der Waals surface area contributed by atoms with Gasteiger partial charge in [-0.3, -0.25) is 0 Å². The average Bonchev–Trinajstić information content (AvgIpc) is 3.19. The molecule has 7 nitrogen and oxygen atoms in total. The van der Waals surface area contributed by atoms with Gasteiger partial charge in [0.2, 0.25) is 0 Å². The lowest BCUT2D eigenvalue weighted by Gasteiger charge is -2.40. The van der Waals surface area contributed by atoms with Crippen molar-refractivity contribution in [2.75, 3.05) is 19.6 Å². The summed E-state index contributed by atoms with van der Waals surface area (Å²) in [4.78, 5) is 21.6. The number of hydrogen-bond donors (Lipinski definition) is 3. The fourth-order valence-corrected chi connectivity index (χ4v) is 3.98. The Bertz CT molecular complexity index is 785. The summed E-state index contributed by atoms with van der Waals surface area (Å²) in [6.45, 7) is 4.04. The Kier molecular flexibility index (Phi) is 4.17. The summed E-state index contributed by atoms with van der Waals surface area (Å²) < 4.78 is 6.01. The Morgan fingerprint density at radius 1 is 1.52 bits per heavy atom. The molecular weight excluding hydrogens is 319 g/mol. The second-order valence-corrected chi connectivity index (χ2v) is 6.87. The molecule has 8 heteroatoms. The SMILES string of the molecule is CCCCNC(=O)N1CCC2(CC1)OB(O)c1cnc3[nH]ccc3c12. The van der Waals surface area contributed by atoms with Crippen molar-refractivity contribution in [2.24, 2.45) is 0 Å². The van der Waals surface area contributed by atoms with E-state index in [-0.39, 0.29) is 6.03 Å². The lowest BCUT2D eigenvalue weighted by Crippen LogP contribution is -2.49. The number of aromatic nitrogens is 2. The number of nitrogens with one attached hydrogen (secondary N) is 2. The van der Waals surface area contributed by atoms with Crippen LogP contribution in [0, 0.1) is 0 Å². The van der Waals surface area contributed by atoms with Gasteiger partial charge in [0.15, 0.2) is 0 Å². The number of piperidine rings is 1. The molecule has 1 spiro atoms. The Labute approximate surface area is 146 Å². The number of aromatic amines is 1. The third kappa shape index (κ3) is 2.69. The fourth-order valence-electron chi connectivity index (χ4n) is 3.98. The molecule has 0 radical (unpaired) electrons. The topological polar surface area (TPSA) is 90.5 Å². The van der Waals surface area contributed by atoms with E-state index in [9.17, 15) is 9.82 Å². The number of urea groups is 1. The summed E-state index contributed by atoms with van der Waals surface area (Å²) in [7, 11) is -0.952. The first kappa shape index (κ1) is 16.4. The summed E-state index contributed by atoms with van der Waals surface area (Å²) >= 11 is 0. The molecule has 0 saturated carbocycles. The summed E-state index contributed by atoms with van der Waals surface area (Å²) in [6.07, 6.45) is 6.94. The van der Waals surface area contributed by atoms with Crippen LogP contribution in [0.25, 0.3) is 11.0 Å². The highest BCUT2D eigenvalue weighted by molar-refractivity contribution is 6.62. The highest BCUT2D eigenvalue weighted by Gasteiger charge is 2.50. The number of likely N-dealkylation sites (tertiary alicyclic amines) is 1. The highest BCUT2D eigenvalue weighted by atomic mass is 16.5. The van der Waals surface area contributed by atoms with Gasteiger partial charge in [0.25, 0.3) is 0 Å². The maximum atomic E-state index is 12.3. The number of unbranched alkanes of at least 4 members (excludes halogenated alkanes) is 1. The Morgan fingerprint density at radius 3 is 3.08 bits per heavy atom. The third-order valence-electron chi connectivity index (χ3n) is 5.34. The van der Waals surface area contributed by atoms with E-state index in [1.54, 1.807) is 6.20 Å². The quantitative estimate of drug-likeness (QED) is 0.575. The van der Waals surface area contributed by atoms with Crippen LogP contribution in [-0.2, 0) is 10.3 Å². The van der Waals surface area contributed by atoms with Crippen molar-refractivity contribution in [3.8, 4) is 0 Å². The second kappa shape index (κ2) is 6.35. The van der Waals surface area contributed by atoms with Gasteiger partial charge in [-0.25, -0.2) is 9.78 Å². The molecule has 25 heavy (non-hydrogen) atoms. The molecule has 1 saturated heterocycles. The van der Waals surface area contributed by atoms with E-state index in [0.717, 1.165) is 34.9 Å². The Hall–Kier alpha value is -2.06.